The third-order valence-electron chi connectivity index (χ3n) is 3.06. The zero-order valence-corrected chi connectivity index (χ0v) is 10.1. The maximum Gasteiger partial charge on any atom is 0.0616 e. The molecule has 0 amide bonds. The quantitative estimate of drug-likeness (QED) is 0.735. The standard InChI is InChI=1S/C12H25NO/c1-5-14-9-10(2)13-11-6-7-12(3,4)8-11/h10-11,13H,5-9H2,1-4H3. The van der Waals surface area contributed by atoms with Gasteiger partial charge in [-0.05, 0) is 38.5 Å². The molecule has 0 aromatic rings. The van der Waals surface area contributed by atoms with Gasteiger partial charge in [0, 0.05) is 18.7 Å². The van der Waals surface area contributed by atoms with E-state index >= 15 is 0 Å². The van der Waals surface area contributed by atoms with Crippen LogP contribution in [0.5, 0.6) is 0 Å². The van der Waals surface area contributed by atoms with Crippen LogP contribution >= 0.6 is 0 Å². The lowest BCUT2D eigenvalue weighted by Gasteiger charge is -2.21. The summed E-state index contributed by atoms with van der Waals surface area (Å²) in [7, 11) is 0. The van der Waals surface area contributed by atoms with Crippen LogP contribution in [0.2, 0.25) is 0 Å². The Morgan fingerprint density at radius 1 is 1.50 bits per heavy atom. The number of hydrogen-bond acceptors (Lipinski definition) is 2. The molecule has 0 bridgehead atoms. The van der Waals surface area contributed by atoms with Gasteiger partial charge in [0.05, 0.1) is 6.61 Å². The summed E-state index contributed by atoms with van der Waals surface area (Å²) in [6.07, 6.45) is 3.99. The minimum Gasteiger partial charge on any atom is -0.380 e. The van der Waals surface area contributed by atoms with Crippen LogP contribution in [0.25, 0.3) is 0 Å². The van der Waals surface area contributed by atoms with E-state index in [0.29, 0.717) is 17.5 Å². The second-order valence-corrected chi connectivity index (χ2v) is 5.33. The molecule has 0 aromatic carbocycles. The van der Waals surface area contributed by atoms with Gasteiger partial charge in [-0.25, -0.2) is 0 Å². The molecule has 1 aliphatic rings. The highest BCUT2D eigenvalue weighted by Gasteiger charge is 2.31. The summed E-state index contributed by atoms with van der Waals surface area (Å²) in [5, 5.41) is 3.64. The minimum absolute atomic E-state index is 0.494. The molecule has 0 heterocycles. The molecule has 0 aliphatic heterocycles. The van der Waals surface area contributed by atoms with Gasteiger partial charge < -0.3 is 10.1 Å². The zero-order chi connectivity index (χ0) is 10.6. The normalized spacial score (nSPS) is 27.9. The highest BCUT2D eigenvalue weighted by atomic mass is 16.5. The molecular formula is C12H25NO. The molecule has 1 N–H and O–H groups in total. The smallest absolute Gasteiger partial charge is 0.0616 e. The van der Waals surface area contributed by atoms with E-state index in [2.05, 4.69) is 26.1 Å². The van der Waals surface area contributed by atoms with Crippen LogP contribution in [-0.2, 0) is 4.74 Å². The second kappa shape index (κ2) is 5.13. The number of rotatable bonds is 5. The summed E-state index contributed by atoms with van der Waals surface area (Å²) in [4.78, 5) is 0. The lowest BCUT2D eigenvalue weighted by molar-refractivity contribution is 0.123. The zero-order valence-electron chi connectivity index (χ0n) is 10.1. The summed E-state index contributed by atoms with van der Waals surface area (Å²) >= 11 is 0. The molecule has 2 atom stereocenters. The van der Waals surface area contributed by atoms with Crippen molar-refractivity contribution in [2.45, 2.75) is 59.0 Å². The Hall–Kier alpha value is -0.0800. The number of nitrogens with one attached hydrogen (secondary N) is 1. The molecule has 1 saturated carbocycles. The molecule has 0 aromatic heterocycles. The lowest BCUT2D eigenvalue weighted by Crippen LogP contribution is -2.38. The van der Waals surface area contributed by atoms with E-state index in [1.807, 2.05) is 6.92 Å². The predicted molar refractivity (Wildman–Crippen MR) is 60.5 cm³/mol. The minimum atomic E-state index is 0.494. The van der Waals surface area contributed by atoms with Crippen molar-refractivity contribution < 1.29 is 4.74 Å². The van der Waals surface area contributed by atoms with Crippen molar-refractivity contribution in [2.24, 2.45) is 5.41 Å². The third kappa shape index (κ3) is 3.97. The Morgan fingerprint density at radius 3 is 2.71 bits per heavy atom. The number of ether oxygens (including phenoxy) is 1. The Kier molecular flexibility index (Phi) is 4.39. The van der Waals surface area contributed by atoms with Gasteiger partial charge in [-0.1, -0.05) is 13.8 Å². The first-order valence-electron chi connectivity index (χ1n) is 5.87. The fourth-order valence-electron chi connectivity index (χ4n) is 2.32. The van der Waals surface area contributed by atoms with Crippen LogP contribution < -0.4 is 5.32 Å². The van der Waals surface area contributed by atoms with Gasteiger partial charge in [0.1, 0.15) is 0 Å². The summed E-state index contributed by atoms with van der Waals surface area (Å²) in [6.45, 7) is 10.6. The van der Waals surface area contributed by atoms with Gasteiger partial charge in [0.15, 0.2) is 0 Å². The first-order chi connectivity index (χ1) is 6.53. The van der Waals surface area contributed by atoms with Crippen LogP contribution in [0, 0.1) is 5.41 Å². The third-order valence-corrected chi connectivity index (χ3v) is 3.06. The maximum absolute atomic E-state index is 5.40. The van der Waals surface area contributed by atoms with Crippen LogP contribution in [-0.4, -0.2) is 25.3 Å². The molecule has 84 valence electrons. The van der Waals surface area contributed by atoms with Crippen molar-refractivity contribution in [3.05, 3.63) is 0 Å². The summed E-state index contributed by atoms with van der Waals surface area (Å²) in [6, 6.07) is 1.20. The largest absolute Gasteiger partial charge is 0.380 e. The molecule has 1 rings (SSSR count). The number of hydrogen-bond donors (Lipinski definition) is 1. The monoisotopic (exact) mass is 199 g/mol. The van der Waals surface area contributed by atoms with Crippen molar-refractivity contribution in [2.75, 3.05) is 13.2 Å². The second-order valence-electron chi connectivity index (χ2n) is 5.33. The average molecular weight is 199 g/mol. The Balaban J connectivity index is 2.18. The highest BCUT2D eigenvalue weighted by Crippen LogP contribution is 2.36. The maximum atomic E-state index is 5.40. The van der Waals surface area contributed by atoms with E-state index in [1.165, 1.54) is 19.3 Å². The molecule has 0 saturated heterocycles. The molecular weight excluding hydrogens is 174 g/mol. The SMILES string of the molecule is CCOCC(C)NC1CCC(C)(C)C1. The molecule has 0 spiro atoms. The fourth-order valence-corrected chi connectivity index (χ4v) is 2.32. The Bertz CT molecular complexity index is 168. The topological polar surface area (TPSA) is 21.3 Å². The Labute approximate surface area is 88.4 Å². The molecule has 2 unspecified atom stereocenters. The van der Waals surface area contributed by atoms with E-state index in [4.69, 9.17) is 4.74 Å². The molecule has 1 fully saturated rings. The lowest BCUT2D eigenvalue weighted by atomic mass is 9.92. The first-order valence-corrected chi connectivity index (χ1v) is 5.87. The van der Waals surface area contributed by atoms with E-state index in [1.54, 1.807) is 0 Å². The van der Waals surface area contributed by atoms with Crippen LogP contribution in [0.1, 0.15) is 47.0 Å². The summed E-state index contributed by atoms with van der Waals surface area (Å²) in [5.74, 6) is 0. The van der Waals surface area contributed by atoms with Crippen molar-refractivity contribution >= 4 is 0 Å². The molecule has 1 aliphatic carbocycles. The van der Waals surface area contributed by atoms with E-state index in [9.17, 15) is 0 Å². The predicted octanol–water partition coefficient (Wildman–Crippen LogP) is 2.58. The van der Waals surface area contributed by atoms with Crippen LogP contribution in [0.3, 0.4) is 0 Å². The summed E-state index contributed by atoms with van der Waals surface area (Å²) < 4.78 is 5.40. The van der Waals surface area contributed by atoms with E-state index in [-0.39, 0.29) is 0 Å². The molecule has 0 radical (unpaired) electrons. The first kappa shape index (κ1) is 12.0. The van der Waals surface area contributed by atoms with Gasteiger partial charge >= 0.3 is 0 Å². The molecule has 14 heavy (non-hydrogen) atoms. The molecule has 2 nitrogen and oxygen atoms in total. The van der Waals surface area contributed by atoms with Crippen molar-refractivity contribution in [3.8, 4) is 0 Å². The Morgan fingerprint density at radius 2 is 2.21 bits per heavy atom. The molecule has 2 heteroatoms. The van der Waals surface area contributed by atoms with Crippen LogP contribution in [0.15, 0.2) is 0 Å². The van der Waals surface area contributed by atoms with Crippen molar-refractivity contribution in [1.29, 1.82) is 0 Å². The van der Waals surface area contributed by atoms with Gasteiger partial charge in [0.25, 0.3) is 0 Å². The summed E-state index contributed by atoms with van der Waals surface area (Å²) in [5.41, 5.74) is 0.545. The van der Waals surface area contributed by atoms with E-state index in [0.717, 1.165) is 13.2 Å². The van der Waals surface area contributed by atoms with Crippen LogP contribution in [0.4, 0.5) is 0 Å². The van der Waals surface area contributed by atoms with Gasteiger partial charge in [-0.3, -0.25) is 0 Å². The average Bonchev–Trinajstić information content (AvgIpc) is 2.42. The van der Waals surface area contributed by atoms with Crippen molar-refractivity contribution in [3.63, 3.8) is 0 Å². The van der Waals surface area contributed by atoms with Gasteiger partial charge in [-0.2, -0.15) is 0 Å². The van der Waals surface area contributed by atoms with Gasteiger partial charge in [0.2, 0.25) is 0 Å². The fraction of sp³-hybridized carbons (Fsp3) is 1.00. The highest BCUT2D eigenvalue weighted by molar-refractivity contribution is 4.87. The van der Waals surface area contributed by atoms with Gasteiger partial charge in [-0.15, -0.1) is 0 Å². The van der Waals surface area contributed by atoms with Crippen molar-refractivity contribution in [1.82, 2.24) is 5.32 Å². The van der Waals surface area contributed by atoms with E-state index < -0.39 is 0 Å².